The van der Waals surface area contributed by atoms with Gasteiger partial charge in [-0.3, -0.25) is 0 Å². The summed E-state index contributed by atoms with van der Waals surface area (Å²) in [5.41, 5.74) is 4.56. The highest BCUT2D eigenvalue weighted by Crippen LogP contribution is 2.44. The van der Waals surface area contributed by atoms with Crippen LogP contribution in [0.5, 0.6) is 5.75 Å². The lowest BCUT2D eigenvalue weighted by atomic mass is 9.95. The Bertz CT molecular complexity index is 1460. The topological polar surface area (TPSA) is 46.5 Å². The van der Waals surface area contributed by atoms with Crippen molar-refractivity contribution in [3.8, 4) is 10.8 Å². The summed E-state index contributed by atoms with van der Waals surface area (Å²) in [5.74, 6) is -0.621. The highest BCUT2D eigenvalue weighted by Gasteiger charge is 2.36. The molecule has 6 rings (SSSR count). The summed E-state index contributed by atoms with van der Waals surface area (Å²) in [6.45, 7) is 0.655. The Morgan fingerprint density at radius 2 is 1.86 bits per heavy atom. The largest absolute Gasteiger partial charge is 0.497 e. The highest BCUT2D eigenvalue weighted by atomic mass is 32.1. The number of methoxy groups -OCH3 is 1. The van der Waals surface area contributed by atoms with Gasteiger partial charge in [0.05, 0.1) is 19.3 Å². The number of hydrogen-bond donors (Lipinski definition) is 1. The molecular weight excluding hydrogens is 492 g/mol. The number of aromatic nitrogens is 1. The maximum absolute atomic E-state index is 14.4. The van der Waals surface area contributed by atoms with Crippen LogP contribution in [0, 0.1) is 11.6 Å². The molecule has 0 saturated heterocycles. The van der Waals surface area contributed by atoms with Crippen molar-refractivity contribution in [2.45, 2.75) is 44.8 Å². The fraction of sp³-hybridized carbons (Fsp3) is 0.276. The first-order valence-electron chi connectivity index (χ1n) is 12.5. The van der Waals surface area contributed by atoms with Crippen LogP contribution in [-0.4, -0.2) is 22.6 Å². The Labute approximate surface area is 218 Å². The van der Waals surface area contributed by atoms with Crippen LogP contribution >= 0.6 is 11.3 Å². The number of halogens is 2. The van der Waals surface area contributed by atoms with Gasteiger partial charge in [0.1, 0.15) is 28.4 Å². The summed E-state index contributed by atoms with van der Waals surface area (Å²) < 4.78 is 36.2. The van der Waals surface area contributed by atoms with E-state index in [1.165, 1.54) is 29.0 Å². The van der Waals surface area contributed by atoms with E-state index in [0.29, 0.717) is 24.4 Å². The molecule has 2 amide bonds. The zero-order valence-corrected chi connectivity index (χ0v) is 21.3. The van der Waals surface area contributed by atoms with E-state index in [1.807, 2.05) is 42.6 Å². The maximum atomic E-state index is 14.4. The molecular formula is C29H27F2N3O2S. The van der Waals surface area contributed by atoms with Gasteiger partial charge in [0.15, 0.2) is 0 Å². The predicted octanol–water partition coefficient (Wildman–Crippen LogP) is 6.52. The van der Waals surface area contributed by atoms with E-state index in [2.05, 4.69) is 9.88 Å². The average molecular weight is 520 g/mol. The number of hydrogen-bond acceptors (Lipinski definition) is 3. The second-order valence-corrected chi connectivity index (χ2v) is 10.6. The Morgan fingerprint density at radius 3 is 2.68 bits per heavy atom. The predicted molar refractivity (Wildman–Crippen MR) is 139 cm³/mol. The normalized spacial score (nSPS) is 16.4. The molecule has 0 saturated carbocycles. The SMILES string of the molecule is COc1cccc(CNC(=O)N2Cc3c(sc4c3CCCC4)-n3cccc3C2c2cc(F)cc(F)c2)c1. The number of aryl methyl sites for hydroxylation is 1. The van der Waals surface area contributed by atoms with Gasteiger partial charge in [-0.1, -0.05) is 12.1 Å². The number of benzene rings is 2. The Kier molecular flexibility index (Phi) is 6.20. The van der Waals surface area contributed by atoms with E-state index in [9.17, 15) is 13.6 Å². The third-order valence-corrected chi connectivity index (χ3v) is 8.55. The van der Waals surface area contributed by atoms with Crippen LogP contribution in [0.1, 0.15) is 51.7 Å². The first kappa shape index (κ1) is 23.7. The lowest BCUT2D eigenvalue weighted by Gasteiger charge is -2.31. The summed E-state index contributed by atoms with van der Waals surface area (Å²) in [5, 5.41) is 4.14. The molecule has 1 N–H and O–H groups in total. The molecule has 2 aromatic heterocycles. The number of nitrogens with one attached hydrogen (secondary N) is 1. The molecule has 0 bridgehead atoms. The molecule has 0 spiro atoms. The standard InChI is InChI=1S/C29H27F2N3O2S/c1-36-22-7-4-6-18(12-22)16-32-29(35)34-17-24-23-8-2-3-10-26(23)37-28(24)33-11-5-9-25(33)27(34)19-13-20(30)15-21(31)14-19/h4-7,9,11-15,27H,2-3,8,10,16-17H2,1H3,(H,32,35). The van der Waals surface area contributed by atoms with Gasteiger partial charge in [-0.15, -0.1) is 11.3 Å². The van der Waals surface area contributed by atoms with Gasteiger partial charge in [0.2, 0.25) is 0 Å². The van der Waals surface area contributed by atoms with Crippen molar-refractivity contribution in [1.82, 2.24) is 14.8 Å². The molecule has 2 aromatic carbocycles. The van der Waals surface area contributed by atoms with Crippen LogP contribution in [0.15, 0.2) is 60.8 Å². The number of carbonyl (C=O) groups is 1. The van der Waals surface area contributed by atoms with Crippen LogP contribution in [0.3, 0.4) is 0 Å². The fourth-order valence-electron chi connectivity index (χ4n) is 5.53. The Hall–Kier alpha value is -3.65. The lowest BCUT2D eigenvalue weighted by molar-refractivity contribution is 0.179. The first-order chi connectivity index (χ1) is 18.0. The van der Waals surface area contributed by atoms with Crippen molar-refractivity contribution in [1.29, 1.82) is 0 Å². The smallest absolute Gasteiger partial charge is 0.318 e. The van der Waals surface area contributed by atoms with Gasteiger partial charge in [-0.25, -0.2) is 13.6 Å². The van der Waals surface area contributed by atoms with E-state index < -0.39 is 17.7 Å². The van der Waals surface area contributed by atoms with E-state index in [4.69, 9.17) is 4.74 Å². The van der Waals surface area contributed by atoms with Gasteiger partial charge in [0, 0.05) is 29.2 Å². The number of thiophene rings is 1. The van der Waals surface area contributed by atoms with Crippen LogP contribution in [0.4, 0.5) is 13.6 Å². The van der Waals surface area contributed by atoms with Crippen molar-refractivity contribution in [2.24, 2.45) is 0 Å². The zero-order chi connectivity index (χ0) is 25.5. The summed E-state index contributed by atoms with van der Waals surface area (Å²) in [6.07, 6.45) is 6.30. The van der Waals surface area contributed by atoms with Crippen molar-refractivity contribution in [3.63, 3.8) is 0 Å². The second kappa shape index (κ2) is 9.67. The van der Waals surface area contributed by atoms with Crippen LogP contribution < -0.4 is 10.1 Å². The van der Waals surface area contributed by atoms with Gasteiger partial charge >= 0.3 is 6.03 Å². The maximum Gasteiger partial charge on any atom is 0.318 e. The lowest BCUT2D eigenvalue weighted by Crippen LogP contribution is -2.42. The quantitative estimate of drug-likeness (QED) is 0.334. The number of amides is 2. The minimum Gasteiger partial charge on any atom is -0.497 e. The first-order valence-corrected chi connectivity index (χ1v) is 13.3. The minimum absolute atomic E-state index is 0.297. The summed E-state index contributed by atoms with van der Waals surface area (Å²) in [7, 11) is 1.60. The van der Waals surface area contributed by atoms with Gasteiger partial charge < -0.3 is 19.5 Å². The molecule has 3 heterocycles. The number of nitrogens with zero attached hydrogens (tertiary/aromatic N) is 2. The molecule has 190 valence electrons. The van der Waals surface area contributed by atoms with Gasteiger partial charge in [-0.2, -0.15) is 0 Å². The molecule has 2 aliphatic rings. The molecule has 1 aliphatic heterocycles. The molecule has 0 fully saturated rings. The van der Waals surface area contributed by atoms with E-state index in [1.54, 1.807) is 23.3 Å². The van der Waals surface area contributed by atoms with Crippen molar-refractivity contribution in [3.05, 3.63) is 105 Å². The molecule has 4 aromatic rings. The molecule has 37 heavy (non-hydrogen) atoms. The zero-order valence-electron chi connectivity index (χ0n) is 20.5. The van der Waals surface area contributed by atoms with Crippen molar-refractivity contribution in [2.75, 3.05) is 7.11 Å². The molecule has 0 radical (unpaired) electrons. The molecule has 1 atom stereocenters. The number of urea groups is 1. The number of carbonyl (C=O) groups excluding carboxylic acids is 1. The van der Waals surface area contributed by atoms with E-state index in [-0.39, 0.29) is 6.03 Å². The van der Waals surface area contributed by atoms with Crippen LogP contribution in [0.25, 0.3) is 5.00 Å². The minimum atomic E-state index is -0.666. The van der Waals surface area contributed by atoms with Gasteiger partial charge in [0.25, 0.3) is 0 Å². The molecule has 1 unspecified atom stereocenters. The Morgan fingerprint density at radius 1 is 1.05 bits per heavy atom. The van der Waals surface area contributed by atoms with Crippen LogP contribution in [0.2, 0.25) is 0 Å². The van der Waals surface area contributed by atoms with E-state index >= 15 is 0 Å². The summed E-state index contributed by atoms with van der Waals surface area (Å²) in [6, 6.07) is 13.9. The molecule has 5 nitrogen and oxygen atoms in total. The molecule has 1 aliphatic carbocycles. The van der Waals surface area contributed by atoms with Gasteiger partial charge in [-0.05, 0) is 78.8 Å². The van der Waals surface area contributed by atoms with E-state index in [0.717, 1.165) is 47.2 Å². The highest BCUT2D eigenvalue weighted by molar-refractivity contribution is 7.15. The van der Waals surface area contributed by atoms with Crippen molar-refractivity contribution < 1.29 is 18.3 Å². The van der Waals surface area contributed by atoms with Crippen molar-refractivity contribution >= 4 is 17.4 Å². The molecule has 8 heteroatoms. The fourth-order valence-corrected chi connectivity index (χ4v) is 6.94. The average Bonchev–Trinajstić information content (AvgIpc) is 3.48. The second-order valence-electron chi connectivity index (χ2n) is 9.54. The Balaban J connectivity index is 1.43. The third-order valence-electron chi connectivity index (χ3n) is 7.22. The summed E-state index contributed by atoms with van der Waals surface area (Å²) in [4.78, 5) is 16.9. The number of ether oxygens (including phenoxy) is 1. The monoisotopic (exact) mass is 519 g/mol. The number of rotatable bonds is 4. The third kappa shape index (κ3) is 4.39. The number of fused-ring (bicyclic) bond motifs is 5. The van der Waals surface area contributed by atoms with Crippen LogP contribution in [-0.2, 0) is 25.9 Å². The summed E-state index contributed by atoms with van der Waals surface area (Å²) >= 11 is 1.77.